The molecule has 1 aliphatic heterocycles. The molecular weight excluding hydrogens is 453 g/mol. The first kappa shape index (κ1) is 23.2. The van der Waals surface area contributed by atoms with Gasteiger partial charge in [-0.1, -0.05) is 35.9 Å². The van der Waals surface area contributed by atoms with Gasteiger partial charge in [-0.15, -0.1) is 0 Å². The molecule has 2 aromatic rings. The first-order valence-corrected chi connectivity index (χ1v) is 12.9. The largest absolute Gasteiger partial charge is 0.481 e. The summed E-state index contributed by atoms with van der Waals surface area (Å²) < 4.78 is 39.5. The van der Waals surface area contributed by atoms with Crippen LogP contribution in [0.3, 0.4) is 0 Å². The fourth-order valence-electron chi connectivity index (χ4n) is 5.20. The van der Waals surface area contributed by atoms with Crippen molar-refractivity contribution in [1.29, 1.82) is 0 Å². The van der Waals surface area contributed by atoms with E-state index in [0.717, 1.165) is 31.5 Å². The molecule has 4 rings (SSSR count). The number of rotatable bonds is 6. The van der Waals surface area contributed by atoms with Crippen molar-refractivity contribution in [1.82, 2.24) is 4.90 Å². The van der Waals surface area contributed by atoms with E-state index in [9.17, 15) is 22.7 Å². The van der Waals surface area contributed by atoms with Crippen molar-refractivity contribution in [2.75, 3.05) is 19.6 Å². The number of likely N-dealkylation sites (tertiary alicyclic amines) is 1. The van der Waals surface area contributed by atoms with Crippen molar-refractivity contribution in [2.45, 2.75) is 41.7 Å². The van der Waals surface area contributed by atoms with Gasteiger partial charge in [0.1, 0.15) is 5.82 Å². The lowest BCUT2D eigenvalue weighted by Gasteiger charge is -2.34. The summed E-state index contributed by atoms with van der Waals surface area (Å²) in [5, 5.41) is 9.19. The van der Waals surface area contributed by atoms with Crippen LogP contribution in [0.1, 0.15) is 37.2 Å². The lowest BCUT2D eigenvalue weighted by molar-refractivity contribution is -0.143. The highest BCUT2D eigenvalue weighted by atomic mass is 35.5. The standard InChI is InChI=1S/C24H27ClFNO4S/c25-22-3-1-2-4-23(22)32(30,31)20-13-18(21(14-20)24(28)29)15-27-11-9-17(10-12-27)16-5-7-19(26)8-6-16/h1-8,17-18,20-21H,9-15H2,(H,28,29). The van der Waals surface area contributed by atoms with Crippen LogP contribution in [-0.4, -0.2) is 49.3 Å². The number of sulfone groups is 1. The van der Waals surface area contributed by atoms with Crippen LogP contribution in [0.25, 0.3) is 0 Å². The van der Waals surface area contributed by atoms with Crippen LogP contribution >= 0.6 is 11.6 Å². The SMILES string of the molecule is O=C(O)C1CC(S(=O)(=O)c2ccccc2Cl)CC1CN1CCC(c2ccc(F)cc2)CC1. The lowest BCUT2D eigenvalue weighted by Crippen LogP contribution is -2.38. The highest BCUT2D eigenvalue weighted by molar-refractivity contribution is 7.92. The van der Waals surface area contributed by atoms with E-state index in [1.807, 2.05) is 12.1 Å². The number of carboxylic acids is 1. The molecule has 1 aliphatic carbocycles. The Kier molecular flexibility index (Phi) is 6.89. The number of aliphatic carboxylic acids is 1. The van der Waals surface area contributed by atoms with Crippen molar-refractivity contribution >= 4 is 27.4 Å². The number of hydrogen-bond acceptors (Lipinski definition) is 4. The average molecular weight is 480 g/mol. The third-order valence-electron chi connectivity index (χ3n) is 6.97. The van der Waals surface area contributed by atoms with Gasteiger partial charge in [-0.2, -0.15) is 0 Å². The number of carbonyl (C=O) groups is 1. The molecule has 0 radical (unpaired) electrons. The molecular formula is C24H27ClFNO4S. The van der Waals surface area contributed by atoms with E-state index in [1.54, 1.807) is 18.2 Å². The quantitative estimate of drug-likeness (QED) is 0.654. The monoisotopic (exact) mass is 479 g/mol. The molecule has 1 heterocycles. The van der Waals surface area contributed by atoms with Gasteiger partial charge in [-0.3, -0.25) is 4.79 Å². The molecule has 0 aromatic heterocycles. The van der Waals surface area contributed by atoms with E-state index in [1.165, 1.54) is 18.2 Å². The summed E-state index contributed by atoms with van der Waals surface area (Å²) >= 11 is 6.13. The maximum atomic E-state index is 13.2. The van der Waals surface area contributed by atoms with E-state index >= 15 is 0 Å². The third-order valence-corrected chi connectivity index (χ3v) is 9.65. The van der Waals surface area contributed by atoms with Gasteiger partial charge >= 0.3 is 5.97 Å². The molecule has 3 atom stereocenters. The molecule has 1 saturated carbocycles. The minimum Gasteiger partial charge on any atom is -0.481 e. The van der Waals surface area contributed by atoms with E-state index in [-0.39, 0.29) is 28.1 Å². The van der Waals surface area contributed by atoms with Crippen molar-refractivity contribution in [3.63, 3.8) is 0 Å². The van der Waals surface area contributed by atoms with E-state index in [0.29, 0.717) is 18.9 Å². The molecule has 0 amide bonds. The first-order valence-electron chi connectivity index (χ1n) is 10.9. The Bertz CT molecular complexity index is 1070. The molecule has 32 heavy (non-hydrogen) atoms. The molecule has 8 heteroatoms. The topological polar surface area (TPSA) is 74.7 Å². The van der Waals surface area contributed by atoms with Crippen LogP contribution in [0.5, 0.6) is 0 Å². The van der Waals surface area contributed by atoms with Crippen molar-refractivity contribution in [3.05, 3.63) is 64.9 Å². The first-order chi connectivity index (χ1) is 15.3. The Labute approximate surface area is 193 Å². The van der Waals surface area contributed by atoms with Gasteiger partial charge in [0, 0.05) is 6.54 Å². The Morgan fingerprint density at radius 2 is 1.72 bits per heavy atom. The molecule has 5 nitrogen and oxygen atoms in total. The fourth-order valence-corrected chi connectivity index (χ4v) is 7.59. The number of hydrogen-bond donors (Lipinski definition) is 1. The Morgan fingerprint density at radius 3 is 2.34 bits per heavy atom. The molecule has 1 N–H and O–H groups in total. The Morgan fingerprint density at radius 1 is 1.06 bits per heavy atom. The molecule has 3 unspecified atom stereocenters. The van der Waals surface area contributed by atoms with E-state index in [2.05, 4.69) is 4.90 Å². The Balaban J connectivity index is 1.42. The van der Waals surface area contributed by atoms with Gasteiger partial charge in [0.25, 0.3) is 0 Å². The number of benzene rings is 2. The molecule has 2 aromatic carbocycles. The van der Waals surface area contributed by atoms with Crippen LogP contribution < -0.4 is 0 Å². The van der Waals surface area contributed by atoms with Crippen LogP contribution in [0.2, 0.25) is 5.02 Å². The summed E-state index contributed by atoms with van der Waals surface area (Å²) in [5.41, 5.74) is 1.13. The second kappa shape index (κ2) is 9.49. The number of carboxylic acid groups (broad SMARTS) is 1. The van der Waals surface area contributed by atoms with Crippen LogP contribution in [-0.2, 0) is 14.6 Å². The zero-order valence-corrected chi connectivity index (χ0v) is 19.2. The van der Waals surface area contributed by atoms with Crippen LogP contribution in [0.15, 0.2) is 53.4 Å². The van der Waals surface area contributed by atoms with Gasteiger partial charge in [0.05, 0.1) is 21.1 Å². The summed E-state index contributed by atoms with van der Waals surface area (Å²) in [6.45, 7) is 2.20. The average Bonchev–Trinajstić information content (AvgIpc) is 3.20. The predicted molar refractivity (Wildman–Crippen MR) is 121 cm³/mol. The normalized spacial score (nSPS) is 25.1. The highest BCUT2D eigenvalue weighted by Gasteiger charge is 2.45. The smallest absolute Gasteiger partial charge is 0.306 e. The molecule has 1 saturated heterocycles. The second-order valence-corrected chi connectivity index (χ2v) is 11.5. The number of halogens is 2. The third kappa shape index (κ3) is 4.85. The molecule has 2 aliphatic rings. The number of piperidine rings is 1. The summed E-state index contributed by atoms with van der Waals surface area (Å²) in [4.78, 5) is 14.2. The zero-order chi connectivity index (χ0) is 22.9. The van der Waals surface area contributed by atoms with Crippen molar-refractivity contribution in [2.24, 2.45) is 11.8 Å². The molecule has 0 spiro atoms. The summed E-state index contributed by atoms with van der Waals surface area (Å²) in [7, 11) is -3.70. The molecule has 2 fully saturated rings. The van der Waals surface area contributed by atoms with Crippen LogP contribution in [0.4, 0.5) is 4.39 Å². The van der Waals surface area contributed by atoms with E-state index < -0.39 is 27.0 Å². The second-order valence-electron chi connectivity index (χ2n) is 8.90. The predicted octanol–water partition coefficient (Wildman–Crippen LogP) is 4.61. The van der Waals surface area contributed by atoms with Crippen molar-refractivity contribution in [3.8, 4) is 0 Å². The summed E-state index contributed by atoms with van der Waals surface area (Å²) in [6.07, 6.45) is 2.26. The fraction of sp³-hybridized carbons (Fsp3) is 0.458. The van der Waals surface area contributed by atoms with Gasteiger partial charge in [0.15, 0.2) is 9.84 Å². The lowest BCUT2D eigenvalue weighted by atomic mass is 9.88. The van der Waals surface area contributed by atoms with Crippen LogP contribution in [0, 0.1) is 17.7 Å². The van der Waals surface area contributed by atoms with Crippen molar-refractivity contribution < 1.29 is 22.7 Å². The minimum absolute atomic E-state index is 0.0802. The zero-order valence-electron chi connectivity index (χ0n) is 17.7. The van der Waals surface area contributed by atoms with Gasteiger partial charge in [0.2, 0.25) is 0 Å². The highest BCUT2D eigenvalue weighted by Crippen LogP contribution is 2.41. The van der Waals surface area contributed by atoms with Gasteiger partial charge in [-0.05, 0) is 80.4 Å². The van der Waals surface area contributed by atoms with Gasteiger partial charge in [-0.25, -0.2) is 12.8 Å². The number of nitrogens with zero attached hydrogens (tertiary/aromatic N) is 1. The summed E-state index contributed by atoms with van der Waals surface area (Å²) in [5.74, 6) is -1.73. The minimum atomic E-state index is -3.70. The maximum absolute atomic E-state index is 13.2. The maximum Gasteiger partial charge on any atom is 0.306 e. The molecule has 0 bridgehead atoms. The Hall–Kier alpha value is -1.96. The van der Waals surface area contributed by atoms with E-state index in [4.69, 9.17) is 11.6 Å². The summed E-state index contributed by atoms with van der Waals surface area (Å²) in [6, 6.07) is 13.0. The molecule has 172 valence electrons. The van der Waals surface area contributed by atoms with Gasteiger partial charge < -0.3 is 10.0 Å².